The van der Waals surface area contributed by atoms with Crippen LogP contribution in [0.25, 0.3) is 0 Å². The van der Waals surface area contributed by atoms with Crippen LogP contribution in [0.15, 0.2) is 0 Å². The maximum Gasteiger partial charge on any atom is 0.323 e. The van der Waals surface area contributed by atoms with Gasteiger partial charge < -0.3 is 15.2 Å². The van der Waals surface area contributed by atoms with Crippen LogP contribution in [0.2, 0.25) is 0 Å². The Morgan fingerprint density at radius 2 is 2.05 bits per heavy atom. The monoisotopic (exact) mass is 272 g/mol. The van der Waals surface area contributed by atoms with Crippen molar-refractivity contribution in [1.82, 2.24) is 4.90 Å². The van der Waals surface area contributed by atoms with Crippen molar-refractivity contribution in [2.75, 3.05) is 32.8 Å². The molecule has 1 atom stereocenters. The minimum Gasteiger partial charge on any atom is -0.465 e. The molecule has 2 N–H and O–H groups in total. The Labute approximate surface area is 116 Å². The number of carbonyl (C=O) groups is 1. The zero-order chi connectivity index (χ0) is 14.1. The Balaban J connectivity index is 2.32. The van der Waals surface area contributed by atoms with Crippen molar-refractivity contribution in [3.63, 3.8) is 0 Å². The molecule has 1 saturated heterocycles. The summed E-state index contributed by atoms with van der Waals surface area (Å²) in [5, 5.41) is 0. The van der Waals surface area contributed by atoms with E-state index in [1.54, 1.807) is 0 Å². The van der Waals surface area contributed by atoms with E-state index in [1.807, 2.05) is 13.8 Å². The molecule has 19 heavy (non-hydrogen) atoms. The number of ether oxygens (including phenoxy) is 2. The number of rotatable bonds is 8. The summed E-state index contributed by atoms with van der Waals surface area (Å²) < 4.78 is 10.9. The molecule has 0 bridgehead atoms. The number of piperidine rings is 1. The van der Waals surface area contributed by atoms with Crippen molar-refractivity contribution in [2.24, 2.45) is 5.73 Å². The van der Waals surface area contributed by atoms with Gasteiger partial charge in [0.25, 0.3) is 0 Å². The van der Waals surface area contributed by atoms with Crippen LogP contribution in [0, 0.1) is 0 Å². The fourth-order valence-corrected chi connectivity index (χ4v) is 2.50. The Morgan fingerprint density at radius 1 is 1.37 bits per heavy atom. The van der Waals surface area contributed by atoms with E-state index in [2.05, 4.69) is 4.90 Å². The first-order valence-electron chi connectivity index (χ1n) is 7.45. The molecule has 0 aliphatic carbocycles. The van der Waals surface area contributed by atoms with Crippen LogP contribution in [0.3, 0.4) is 0 Å². The number of likely N-dealkylation sites (tertiary alicyclic amines) is 1. The van der Waals surface area contributed by atoms with Gasteiger partial charge in [-0.15, -0.1) is 0 Å². The second-order valence-corrected chi connectivity index (χ2v) is 4.92. The van der Waals surface area contributed by atoms with E-state index in [9.17, 15) is 4.79 Å². The first kappa shape index (κ1) is 16.4. The lowest BCUT2D eigenvalue weighted by Crippen LogP contribution is -2.47. The van der Waals surface area contributed by atoms with Gasteiger partial charge in [0.2, 0.25) is 0 Å². The Bertz CT molecular complexity index is 253. The van der Waals surface area contributed by atoms with Gasteiger partial charge >= 0.3 is 5.97 Å². The van der Waals surface area contributed by atoms with Crippen molar-refractivity contribution in [1.29, 1.82) is 0 Å². The summed E-state index contributed by atoms with van der Waals surface area (Å²) in [6, 6.07) is -0.0926. The van der Waals surface area contributed by atoms with Gasteiger partial charge in [0.05, 0.1) is 12.7 Å². The molecule has 0 radical (unpaired) electrons. The van der Waals surface area contributed by atoms with E-state index in [1.165, 1.54) is 0 Å². The van der Waals surface area contributed by atoms with Gasteiger partial charge in [0.1, 0.15) is 6.04 Å². The smallest absolute Gasteiger partial charge is 0.323 e. The van der Waals surface area contributed by atoms with Crippen molar-refractivity contribution in [2.45, 2.75) is 51.7 Å². The highest BCUT2D eigenvalue weighted by molar-refractivity contribution is 5.75. The molecule has 0 aromatic heterocycles. The van der Waals surface area contributed by atoms with E-state index in [0.29, 0.717) is 19.3 Å². The third kappa shape index (κ3) is 5.47. The van der Waals surface area contributed by atoms with E-state index in [0.717, 1.165) is 45.4 Å². The molecule has 112 valence electrons. The molecule has 0 aromatic carbocycles. The molecule has 0 amide bonds. The Hall–Kier alpha value is -0.650. The first-order valence-corrected chi connectivity index (χ1v) is 7.45. The predicted octanol–water partition coefficient (Wildman–Crippen LogP) is 1.16. The molecular formula is C14H28N2O3. The van der Waals surface area contributed by atoms with Crippen LogP contribution < -0.4 is 5.73 Å². The average Bonchev–Trinajstić information content (AvgIpc) is 2.42. The lowest BCUT2D eigenvalue weighted by Gasteiger charge is -2.35. The molecule has 0 spiro atoms. The third-order valence-corrected chi connectivity index (χ3v) is 3.56. The van der Waals surface area contributed by atoms with Gasteiger partial charge in [-0.2, -0.15) is 0 Å². The van der Waals surface area contributed by atoms with Crippen molar-refractivity contribution in [3.05, 3.63) is 0 Å². The fraction of sp³-hybridized carbons (Fsp3) is 0.929. The summed E-state index contributed by atoms with van der Waals surface area (Å²) in [4.78, 5) is 14.1. The third-order valence-electron chi connectivity index (χ3n) is 3.56. The molecule has 1 rings (SSSR count). The lowest BCUT2D eigenvalue weighted by atomic mass is 10.0. The number of carbonyl (C=O) groups excluding carboxylic acids is 1. The zero-order valence-electron chi connectivity index (χ0n) is 12.3. The average molecular weight is 272 g/mol. The molecule has 0 aromatic rings. The van der Waals surface area contributed by atoms with Gasteiger partial charge in [-0.05, 0) is 39.2 Å². The van der Waals surface area contributed by atoms with E-state index in [4.69, 9.17) is 15.2 Å². The lowest BCUT2D eigenvalue weighted by molar-refractivity contribution is -0.150. The van der Waals surface area contributed by atoms with Crippen molar-refractivity contribution < 1.29 is 14.3 Å². The van der Waals surface area contributed by atoms with E-state index >= 15 is 0 Å². The minimum atomic E-state index is -0.0926. The predicted molar refractivity (Wildman–Crippen MR) is 74.9 cm³/mol. The second kappa shape index (κ2) is 9.28. The fourth-order valence-electron chi connectivity index (χ4n) is 2.50. The van der Waals surface area contributed by atoms with Gasteiger partial charge in [-0.25, -0.2) is 0 Å². The largest absolute Gasteiger partial charge is 0.465 e. The quantitative estimate of drug-likeness (QED) is 0.530. The molecule has 1 unspecified atom stereocenters. The Morgan fingerprint density at radius 3 is 2.58 bits per heavy atom. The molecule has 1 aliphatic heterocycles. The van der Waals surface area contributed by atoms with Crippen molar-refractivity contribution in [3.8, 4) is 0 Å². The SMILES string of the molecule is CCOC(=O)C(CC)N1CCC(OCCCN)CC1. The minimum absolute atomic E-state index is 0.0903. The Kier molecular flexibility index (Phi) is 8.02. The maximum atomic E-state index is 11.9. The maximum absolute atomic E-state index is 11.9. The van der Waals surface area contributed by atoms with Gasteiger partial charge in [-0.1, -0.05) is 6.92 Å². The van der Waals surface area contributed by atoms with Crippen LogP contribution in [-0.4, -0.2) is 55.9 Å². The van der Waals surface area contributed by atoms with Crippen LogP contribution in [-0.2, 0) is 14.3 Å². The zero-order valence-corrected chi connectivity index (χ0v) is 12.3. The van der Waals surface area contributed by atoms with E-state index in [-0.39, 0.29) is 12.0 Å². The second-order valence-electron chi connectivity index (χ2n) is 4.92. The summed E-state index contributed by atoms with van der Waals surface area (Å²) in [7, 11) is 0. The highest BCUT2D eigenvalue weighted by Gasteiger charge is 2.29. The van der Waals surface area contributed by atoms with Crippen LogP contribution in [0.5, 0.6) is 0 Å². The number of nitrogens with two attached hydrogens (primary N) is 1. The highest BCUT2D eigenvalue weighted by atomic mass is 16.5. The number of nitrogens with zero attached hydrogens (tertiary/aromatic N) is 1. The molecule has 1 aliphatic rings. The number of hydrogen-bond acceptors (Lipinski definition) is 5. The van der Waals surface area contributed by atoms with Crippen LogP contribution in [0.4, 0.5) is 0 Å². The summed E-state index contributed by atoms with van der Waals surface area (Å²) in [5.74, 6) is -0.0903. The summed E-state index contributed by atoms with van der Waals surface area (Å²) in [6.07, 6.45) is 4.02. The number of esters is 1. The molecule has 0 saturated carbocycles. The standard InChI is InChI=1S/C14H28N2O3/c1-3-13(14(17)18-4-2)16-9-6-12(7-10-16)19-11-5-8-15/h12-13H,3-11,15H2,1-2H3. The first-order chi connectivity index (χ1) is 9.22. The summed E-state index contributed by atoms with van der Waals surface area (Å²) in [6.45, 7) is 7.58. The molecular weight excluding hydrogens is 244 g/mol. The molecule has 1 heterocycles. The van der Waals surface area contributed by atoms with Gasteiger partial charge in [0.15, 0.2) is 0 Å². The normalized spacial score (nSPS) is 19.3. The van der Waals surface area contributed by atoms with Gasteiger partial charge in [-0.3, -0.25) is 9.69 Å². The van der Waals surface area contributed by atoms with E-state index < -0.39 is 0 Å². The molecule has 1 fully saturated rings. The number of hydrogen-bond donors (Lipinski definition) is 1. The molecule has 5 nitrogen and oxygen atoms in total. The summed E-state index contributed by atoms with van der Waals surface area (Å²) >= 11 is 0. The topological polar surface area (TPSA) is 64.8 Å². The van der Waals surface area contributed by atoms with Crippen LogP contribution >= 0.6 is 0 Å². The molecule has 5 heteroatoms. The highest BCUT2D eigenvalue weighted by Crippen LogP contribution is 2.18. The van der Waals surface area contributed by atoms with Crippen molar-refractivity contribution >= 4 is 5.97 Å². The van der Waals surface area contributed by atoms with Gasteiger partial charge in [0, 0.05) is 19.7 Å². The summed E-state index contributed by atoms with van der Waals surface area (Å²) in [5.41, 5.74) is 5.45. The van der Waals surface area contributed by atoms with Crippen LogP contribution in [0.1, 0.15) is 39.5 Å².